The van der Waals surface area contributed by atoms with Crippen molar-refractivity contribution in [3.8, 4) is 11.5 Å². The number of aromatic amines is 1. The van der Waals surface area contributed by atoms with E-state index in [1.165, 1.54) is 0 Å². The Hall–Kier alpha value is -2.46. The Balaban J connectivity index is 2.02. The Labute approximate surface area is 124 Å². The van der Waals surface area contributed by atoms with Gasteiger partial charge in [-0.05, 0) is 24.3 Å². The number of para-hydroxylation sites is 2. The van der Waals surface area contributed by atoms with E-state index < -0.39 is 0 Å². The normalized spacial score (nSPS) is 11.3. The first-order chi connectivity index (χ1) is 10.2. The molecule has 5 heteroatoms. The Morgan fingerprint density at radius 2 is 1.62 bits per heavy atom. The summed E-state index contributed by atoms with van der Waals surface area (Å²) in [7, 11) is 0. The van der Waals surface area contributed by atoms with Crippen LogP contribution in [-0.4, -0.2) is 15.0 Å². The third-order valence-electron chi connectivity index (χ3n) is 3.42. The lowest BCUT2D eigenvalue weighted by atomic mass is 10.2. The molecule has 0 aliphatic rings. The number of aromatic nitrogens is 3. The average molecular weight is 298 g/mol. The van der Waals surface area contributed by atoms with Gasteiger partial charge in [0, 0.05) is 16.3 Å². The maximum atomic E-state index is 14.5. The summed E-state index contributed by atoms with van der Waals surface area (Å²) >= 11 is 6.18. The Morgan fingerprint density at radius 1 is 0.905 bits per heavy atom. The van der Waals surface area contributed by atoms with E-state index in [4.69, 9.17) is 11.6 Å². The summed E-state index contributed by atoms with van der Waals surface area (Å²) in [5.41, 5.74) is 1.65. The molecule has 0 spiro atoms. The molecule has 1 N–H and O–H groups in total. The lowest BCUT2D eigenvalue weighted by Crippen LogP contribution is -1.93. The Morgan fingerprint density at radius 3 is 2.43 bits per heavy atom. The van der Waals surface area contributed by atoms with Gasteiger partial charge in [0.1, 0.15) is 10.8 Å². The van der Waals surface area contributed by atoms with Gasteiger partial charge in [0.05, 0.1) is 5.52 Å². The summed E-state index contributed by atoms with van der Waals surface area (Å²) in [6, 6.07) is 14.5. The van der Waals surface area contributed by atoms with Crippen molar-refractivity contribution in [2.45, 2.75) is 0 Å². The van der Waals surface area contributed by atoms with E-state index in [-0.39, 0.29) is 17.3 Å². The quantitative estimate of drug-likeness (QED) is 0.523. The molecule has 4 aromatic rings. The third kappa shape index (κ3) is 1.87. The molecule has 0 bridgehead atoms. The summed E-state index contributed by atoms with van der Waals surface area (Å²) in [6.07, 6.45) is 0. The molecule has 21 heavy (non-hydrogen) atoms. The molecule has 2 heterocycles. The van der Waals surface area contributed by atoms with E-state index in [1.54, 1.807) is 12.1 Å². The zero-order chi connectivity index (χ0) is 14.4. The lowest BCUT2D eigenvalue weighted by Gasteiger charge is -2.03. The van der Waals surface area contributed by atoms with Gasteiger partial charge >= 0.3 is 0 Å². The highest BCUT2D eigenvalue weighted by atomic mass is 35.5. The number of nitrogens with zero attached hydrogens (tertiary/aromatic N) is 2. The Kier molecular flexibility index (Phi) is 2.65. The molecule has 0 unspecified atom stereocenters. The average Bonchev–Trinajstić information content (AvgIpc) is 2.85. The van der Waals surface area contributed by atoms with E-state index in [1.807, 2.05) is 36.4 Å². The molecule has 102 valence electrons. The van der Waals surface area contributed by atoms with Crippen LogP contribution in [0.3, 0.4) is 0 Å². The first kappa shape index (κ1) is 12.3. The minimum Gasteiger partial charge on any atom is -0.349 e. The lowest BCUT2D eigenvalue weighted by molar-refractivity contribution is 0.641. The molecule has 0 fully saturated rings. The summed E-state index contributed by atoms with van der Waals surface area (Å²) in [4.78, 5) is 11.6. The van der Waals surface area contributed by atoms with Crippen LogP contribution in [0.2, 0.25) is 5.15 Å². The predicted octanol–water partition coefficient (Wildman–Crippen LogP) is 4.57. The number of halogens is 2. The fourth-order valence-corrected chi connectivity index (χ4v) is 2.65. The van der Waals surface area contributed by atoms with Crippen LogP contribution in [0, 0.1) is 5.82 Å². The molecule has 3 nitrogen and oxygen atoms in total. The molecule has 0 radical (unpaired) electrons. The highest BCUT2D eigenvalue weighted by Gasteiger charge is 2.16. The van der Waals surface area contributed by atoms with Crippen LogP contribution < -0.4 is 0 Å². The van der Waals surface area contributed by atoms with Crippen LogP contribution >= 0.6 is 11.6 Å². The third-order valence-corrected chi connectivity index (χ3v) is 3.71. The molecule has 0 amide bonds. The SMILES string of the molecule is Fc1c(-c2nc(Cl)c3ccccc3n2)[nH]c2ccccc12. The number of hydrogen-bond donors (Lipinski definition) is 1. The molecule has 2 aromatic carbocycles. The molecular formula is C16H9ClFN3. The van der Waals surface area contributed by atoms with Crippen LogP contribution in [-0.2, 0) is 0 Å². The van der Waals surface area contributed by atoms with Gasteiger partial charge in [-0.15, -0.1) is 0 Å². The smallest absolute Gasteiger partial charge is 0.181 e. The van der Waals surface area contributed by atoms with Crippen LogP contribution in [0.25, 0.3) is 33.3 Å². The van der Waals surface area contributed by atoms with E-state index in [0.717, 1.165) is 5.39 Å². The topological polar surface area (TPSA) is 41.6 Å². The van der Waals surface area contributed by atoms with Crippen LogP contribution in [0.4, 0.5) is 4.39 Å². The minimum atomic E-state index is -0.364. The van der Waals surface area contributed by atoms with Crippen molar-refractivity contribution in [3.63, 3.8) is 0 Å². The summed E-state index contributed by atoms with van der Waals surface area (Å²) < 4.78 is 14.5. The monoisotopic (exact) mass is 297 g/mol. The fourth-order valence-electron chi connectivity index (χ4n) is 2.41. The summed E-state index contributed by atoms with van der Waals surface area (Å²) in [5, 5.41) is 1.58. The molecule has 0 aliphatic carbocycles. The maximum Gasteiger partial charge on any atom is 0.181 e. The molecule has 0 aliphatic heterocycles. The van der Waals surface area contributed by atoms with Gasteiger partial charge in [0.15, 0.2) is 11.6 Å². The highest BCUT2D eigenvalue weighted by Crippen LogP contribution is 2.29. The van der Waals surface area contributed by atoms with Crippen LogP contribution in [0.1, 0.15) is 0 Å². The Bertz CT molecular complexity index is 978. The highest BCUT2D eigenvalue weighted by molar-refractivity contribution is 6.34. The summed E-state index contributed by atoms with van der Waals surface area (Å²) in [5.74, 6) is -0.107. The second-order valence-corrected chi connectivity index (χ2v) is 5.07. The largest absolute Gasteiger partial charge is 0.349 e. The van der Waals surface area contributed by atoms with Crippen molar-refractivity contribution < 1.29 is 4.39 Å². The number of benzene rings is 2. The zero-order valence-electron chi connectivity index (χ0n) is 10.8. The van der Waals surface area contributed by atoms with Crippen LogP contribution in [0.15, 0.2) is 48.5 Å². The van der Waals surface area contributed by atoms with Crippen molar-refractivity contribution in [1.82, 2.24) is 15.0 Å². The van der Waals surface area contributed by atoms with Gasteiger partial charge in [-0.25, -0.2) is 14.4 Å². The standard InChI is InChI=1S/C16H9ClFN3/c17-15-10-6-2-4-8-12(10)20-16(21-15)14-13(18)9-5-1-3-7-11(9)19-14/h1-8,19H. The molecule has 4 rings (SSSR count). The van der Waals surface area contributed by atoms with Gasteiger partial charge < -0.3 is 4.98 Å². The van der Waals surface area contributed by atoms with Crippen LogP contribution in [0.5, 0.6) is 0 Å². The van der Waals surface area contributed by atoms with E-state index >= 15 is 0 Å². The first-order valence-corrected chi connectivity index (χ1v) is 6.81. The number of hydrogen-bond acceptors (Lipinski definition) is 2. The van der Waals surface area contributed by atoms with Gasteiger partial charge in [-0.2, -0.15) is 0 Å². The van der Waals surface area contributed by atoms with E-state index in [0.29, 0.717) is 21.6 Å². The molecular weight excluding hydrogens is 289 g/mol. The predicted molar refractivity (Wildman–Crippen MR) is 81.8 cm³/mol. The number of fused-ring (bicyclic) bond motifs is 2. The molecule has 2 aromatic heterocycles. The zero-order valence-corrected chi connectivity index (χ0v) is 11.5. The fraction of sp³-hybridized carbons (Fsp3) is 0. The maximum absolute atomic E-state index is 14.5. The van der Waals surface area contributed by atoms with Crippen molar-refractivity contribution in [2.24, 2.45) is 0 Å². The minimum absolute atomic E-state index is 0.254. The first-order valence-electron chi connectivity index (χ1n) is 6.43. The van der Waals surface area contributed by atoms with Gasteiger partial charge in [-0.3, -0.25) is 0 Å². The summed E-state index contributed by atoms with van der Waals surface area (Å²) in [6.45, 7) is 0. The van der Waals surface area contributed by atoms with Crippen molar-refractivity contribution >= 4 is 33.4 Å². The molecule has 0 saturated carbocycles. The van der Waals surface area contributed by atoms with Crippen molar-refractivity contribution in [3.05, 3.63) is 59.5 Å². The van der Waals surface area contributed by atoms with Crippen molar-refractivity contribution in [2.75, 3.05) is 0 Å². The van der Waals surface area contributed by atoms with Gasteiger partial charge in [-0.1, -0.05) is 35.9 Å². The van der Waals surface area contributed by atoms with Gasteiger partial charge in [0.25, 0.3) is 0 Å². The number of rotatable bonds is 1. The number of nitrogens with one attached hydrogen (secondary N) is 1. The molecule has 0 atom stereocenters. The second kappa shape index (κ2) is 4.53. The van der Waals surface area contributed by atoms with Crippen molar-refractivity contribution in [1.29, 1.82) is 0 Å². The molecule has 0 saturated heterocycles. The van der Waals surface area contributed by atoms with E-state index in [9.17, 15) is 4.39 Å². The van der Waals surface area contributed by atoms with E-state index in [2.05, 4.69) is 15.0 Å². The van der Waals surface area contributed by atoms with Gasteiger partial charge in [0.2, 0.25) is 0 Å². The second-order valence-electron chi connectivity index (χ2n) is 4.71. The number of H-pyrrole nitrogens is 1.